The summed E-state index contributed by atoms with van der Waals surface area (Å²) in [6, 6.07) is 5.18. The quantitative estimate of drug-likeness (QED) is 0.671. The predicted molar refractivity (Wildman–Crippen MR) is 81.2 cm³/mol. The summed E-state index contributed by atoms with van der Waals surface area (Å²) < 4.78 is 54.3. The van der Waals surface area contributed by atoms with Gasteiger partial charge in [0.2, 0.25) is 0 Å². The first kappa shape index (κ1) is 16.6. The maximum absolute atomic E-state index is 14.1. The van der Waals surface area contributed by atoms with Crippen LogP contribution >= 0.6 is 0 Å². The Labute approximate surface area is 139 Å². The van der Waals surface area contributed by atoms with E-state index < -0.39 is 12.2 Å². The molecule has 1 aromatic carbocycles. The van der Waals surface area contributed by atoms with Gasteiger partial charge in [-0.1, -0.05) is 18.2 Å². The van der Waals surface area contributed by atoms with Crippen LogP contribution in [0.3, 0.4) is 0 Å². The Kier molecular flexibility index (Phi) is 4.46. The van der Waals surface area contributed by atoms with Gasteiger partial charge in [0.15, 0.2) is 5.82 Å². The van der Waals surface area contributed by atoms with Crippen molar-refractivity contribution >= 4 is 12.2 Å². The van der Waals surface area contributed by atoms with Crippen LogP contribution in [0, 0.1) is 5.82 Å². The standard InChI is InChI=1S/C16H10F4N4O/c17-14-9-21-10-15(24-22-7-8-23-24)13(14)6-3-11-1-4-12(5-2-11)25-16(18,19)20/h1-10H/b6-3+. The molecule has 0 unspecified atom stereocenters. The first-order valence-corrected chi connectivity index (χ1v) is 6.96. The van der Waals surface area contributed by atoms with Gasteiger partial charge < -0.3 is 4.74 Å². The third-order valence-electron chi connectivity index (χ3n) is 3.11. The third kappa shape index (κ3) is 4.19. The van der Waals surface area contributed by atoms with E-state index in [1.165, 1.54) is 53.7 Å². The van der Waals surface area contributed by atoms with Gasteiger partial charge in [-0.3, -0.25) is 4.98 Å². The summed E-state index contributed by atoms with van der Waals surface area (Å²) in [6.45, 7) is 0. The molecule has 0 saturated carbocycles. The fourth-order valence-electron chi connectivity index (χ4n) is 2.06. The van der Waals surface area contributed by atoms with Crippen molar-refractivity contribution in [2.24, 2.45) is 0 Å². The molecular weight excluding hydrogens is 340 g/mol. The van der Waals surface area contributed by atoms with Crippen molar-refractivity contribution in [3.63, 3.8) is 0 Å². The molecule has 0 aliphatic carbocycles. The minimum atomic E-state index is -4.75. The fourth-order valence-corrected chi connectivity index (χ4v) is 2.06. The van der Waals surface area contributed by atoms with Gasteiger partial charge in [-0.2, -0.15) is 10.2 Å². The number of alkyl halides is 3. The highest BCUT2D eigenvalue weighted by molar-refractivity contribution is 5.73. The van der Waals surface area contributed by atoms with Crippen LogP contribution in [0.25, 0.3) is 17.8 Å². The van der Waals surface area contributed by atoms with Crippen LogP contribution in [0.4, 0.5) is 17.6 Å². The average molecular weight is 350 g/mol. The van der Waals surface area contributed by atoms with Gasteiger partial charge in [0, 0.05) is 5.56 Å². The lowest BCUT2D eigenvalue weighted by molar-refractivity contribution is -0.274. The van der Waals surface area contributed by atoms with E-state index in [0.29, 0.717) is 11.3 Å². The molecule has 9 heteroatoms. The fraction of sp³-hybridized carbons (Fsp3) is 0.0625. The number of hydrogen-bond donors (Lipinski definition) is 0. The lowest BCUT2D eigenvalue weighted by Crippen LogP contribution is -2.16. The van der Waals surface area contributed by atoms with Crippen molar-refractivity contribution in [1.29, 1.82) is 0 Å². The molecule has 0 aliphatic heterocycles. The number of hydrogen-bond acceptors (Lipinski definition) is 4. The van der Waals surface area contributed by atoms with Crippen LogP contribution in [0.2, 0.25) is 0 Å². The van der Waals surface area contributed by atoms with Gasteiger partial charge in [0.1, 0.15) is 11.4 Å². The van der Waals surface area contributed by atoms with Crippen molar-refractivity contribution in [3.05, 3.63) is 66.0 Å². The summed E-state index contributed by atoms with van der Waals surface area (Å²) in [7, 11) is 0. The smallest absolute Gasteiger partial charge is 0.406 e. The second-order valence-electron chi connectivity index (χ2n) is 4.82. The van der Waals surface area contributed by atoms with E-state index in [9.17, 15) is 17.6 Å². The van der Waals surface area contributed by atoms with Crippen LogP contribution in [0.5, 0.6) is 5.75 Å². The average Bonchev–Trinajstić information content (AvgIpc) is 3.08. The van der Waals surface area contributed by atoms with Gasteiger partial charge in [-0.15, -0.1) is 18.0 Å². The Bertz CT molecular complexity index is 874. The summed E-state index contributed by atoms with van der Waals surface area (Å²) in [4.78, 5) is 4.99. The molecule has 2 aromatic heterocycles. The third-order valence-corrected chi connectivity index (χ3v) is 3.11. The number of ether oxygens (including phenoxy) is 1. The summed E-state index contributed by atoms with van der Waals surface area (Å²) >= 11 is 0. The van der Waals surface area contributed by atoms with Crippen LogP contribution in [0.15, 0.2) is 49.1 Å². The normalized spacial score (nSPS) is 11.8. The molecule has 0 radical (unpaired) electrons. The van der Waals surface area contributed by atoms with Gasteiger partial charge in [0.25, 0.3) is 0 Å². The lowest BCUT2D eigenvalue weighted by Gasteiger charge is -2.08. The second kappa shape index (κ2) is 6.71. The zero-order chi connectivity index (χ0) is 17.9. The van der Waals surface area contributed by atoms with Gasteiger partial charge in [-0.25, -0.2) is 4.39 Å². The van der Waals surface area contributed by atoms with Crippen LogP contribution in [0.1, 0.15) is 11.1 Å². The molecule has 0 aliphatic rings. The number of nitrogens with zero attached hydrogens (tertiary/aromatic N) is 4. The van der Waals surface area contributed by atoms with Gasteiger partial charge in [-0.05, 0) is 23.8 Å². The molecule has 0 N–H and O–H groups in total. The summed E-state index contributed by atoms with van der Waals surface area (Å²) in [6.07, 6.45) is 3.60. The van der Waals surface area contributed by atoms with E-state index in [4.69, 9.17) is 0 Å². The highest BCUT2D eigenvalue weighted by Gasteiger charge is 2.30. The Morgan fingerprint density at radius 2 is 1.64 bits per heavy atom. The van der Waals surface area contributed by atoms with E-state index in [0.717, 1.165) is 6.20 Å². The van der Waals surface area contributed by atoms with Gasteiger partial charge >= 0.3 is 6.36 Å². The van der Waals surface area contributed by atoms with Crippen molar-refractivity contribution in [2.75, 3.05) is 0 Å². The minimum absolute atomic E-state index is 0.196. The van der Waals surface area contributed by atoms with E-state index >= 15 is 0 Å². The SMILES string of the molecule is Fc1cncc(-n2nccn2)c1/C=C/c1ccc(OC(F)(F)F)cc1. The highest BCUT2D eigenvalue weighted by atomic mass is 19.4. The molecular formula is C16H10F4N4O. The van der Waals surface area contributed by atoms with E-state index in [1.54, 1.807) is 6.08 Å². The van der Waals surface area contributed by atoms with Crippen LogP contribution in [-0.4, -0.2) is 26.3 Å². The highest BCUT2D eigenvalue weighted by Crippen LogP contribution is 2.24. The summed E-state index contributed by atoms with van der Waals surface area (Å²) in [5, 5.41) is 7.86. The maximum Gasteiger partial charge on any atom is 0.573 e. The molecule has 0 spiro atoms. The Morgan fingerprint density at radius 1 is 0.960 bits per heavy atom. The molecule has 0 amide bonds. The Balaban J connectivity index is 1.85. The molecule has 25 heavy (non-hydrogen) atoms. The van der Waals surface area contributed by atoms with Gasteiger partial charge in [0.05, 0.1) is 24.8 Å². The number of benzene rings is 1. The van der Waals surface area contributed by atoms with Crippen molar-refractivity contribution in [3.8, 4) is 11.4 Å². The molecule has 2 heterocycles. The minimum Gasteiger partial charge on any atom is -0.406 e. The van der Waals surface area contributed by atoms with E-state index in [-0.39, 0.29) is 11.3 Å². The van der Waals surface area contributed by atoms with E-state index in [2.05, 4.69) is 19.9 Å². The summed E-state index contributed by atoms with van der Waals surface area (Å²) in [5.41, 5.74) is 1.09. The molecule has 0 bridgehead atoms. The van der Waals surface area contributed by atoms with Crippen LogP contribution < -0.4 is 4.74 Å². The molecule has 0 saturated heterocycles. The van der Waals surface area contributed by atoms with Crippen LogP contribution in [-0.2, 0) is 0 Å². The molecule has 0 atom stereocenters. The van der Waals surface area contributed by atoms with Crippen molar-refractivity contribution in [1.82, 2.24) is 20.0 Å². The number of pyridine rings is 1. The Hall–Kier alpha value is -3.23. The monoisotopic (exact) mass is 350 g/mol. The molecule has 3 aromatic rings. The topological polar surface area (TPSA) is 52.8 Å². The zero-order valence-corrected chi connectivity index (χ0v) is 12.5. The first-order valence-electron chi connectivity index (χ1n) is 6.96. The number of aromatic nitrogens is 4. The first-order chi connectivity index (χ1) is 11.9. The molecule has 128 valence electrons. The van der Waals surface area contributed by atoms with E-state index in [1.807, 2.05) is 0 Å². The number of halogens is 4. The molecule has 0 fully saturated rings. The lowest BCUT2D eigenvalue weighted by atomic mass is 10.1. The molecule has 5 nitrogen and oxygen atoms in total. The van der Waals surface area contributed by atoms with Crippen molar-refractivity contribution < 1.29 is 22.3 Å². The summed E-state index contributed by atoms with van der Waals surface area (Å²) in [5.74, 6) is -0.913. The largest absolute Gasteiger partial charge is 0.573 e. The maximum atomic E-state index is 14.1. The predicted octanol–water partition coefficient (Wildman–Crippen LogP) is 3.87. The van der Waals surface area contributed by atoms with Crippen molar-refractivity contribution in [2.45, 2.75) is 6.36 Å². The molecule has 3 rings (SSSR count). The second-order valence-corrected chi connectivity index (χ2v) is 4.82. The zero-order valence-electron chi connectivity index (χ0n) is 12.5. The number of rotatable bonds is 4. The Morgan fingerprint density at radius 3 is 2.28 bits per heavy atom.